The Hall–Kier alpha value is -3.37. The Labute approximate surface area is 251 Å². The number of hydrogen-bond acceptors (Lipinski definition) is 5. The number of benzene rings is 3. The number of amides is 2. The van der Waals surface area contributed by atoms with Crippen molar-refractivity contribution in [2.24, 2.45) is 0 Å². The first kappa shape index (κ1) is 32.1. The zero-order chi connectivity index (χ0) is 29.8. The number of nitrogens with zero attached hydrogens (tertiary/aromatic N) is 2. The van der Waals surface area contributed by atoms with E-state index in [-0.39, 0.29) is 24.6 Å². The topological polar surface area (TPSA) is 96.0 Å². The Kier molecular flexibility index (Phi) is 12.2. The lowest BCUT2D eigenvalue weighted by molar-refractivity contribution is -0.140. The Morgan fingerprint density at radius 2 is 1.59 bits per heavy atom. The molecule has 0 heterocycles. The van der Waals surface area contributed by atoms with Gasteiger partial charge in [-0.15, -0.1) is 0 Å². The fourth-order valence-corrected chi connectivity index (χ4v) is 5.50. The molecule has 0 aliphatic rings. The zero-order valence-corrected chi connectivity index (χ0v) is 26.2. The summed E-state index contributed by atoms with van der Waals surface area (Å²) in [7, 11) is -3.89. The van der Waals surface area contributed by atoms with Crippen molar-refractivity contribution >= 4 is 43.5 Å². The van der Waals surface area contributed by atoms with Crippen LogP contribution in [0.2, 0.25) is 0 Å². The lowest BCUT2D eigenvalue weighted by atomic mass is 10.0. The third-order valence-corrected chi connectivity index (χ3v) is 8.13. The summed E-state index contributed by atoms with van der Waals surface area (Å²) in [5.41, 5.74) is 1.96. The molecule has 1 unspecified atom stereocenters. The minimum Gasteiger partial charge on any atom is -0.492 e. The smallest absolute Gasteiger partial charge is 0.244 e. The van der Waals surface area contributed by atoms with Gasteiger partial charge < -0.3 is 15.0 Å². The number of nitrogens with one attached hydrogen (secondary N) is 1. The fraction of sp³-hybridized carbons (Fsp3) is 0.355. The van der Waals surface area contributed by atoms with Gasteiger partial charge in [0.2, 0.25) is 21.8 Å². The molecule has 10 heteroatoms. The molecule has 1 N–H and O–H groups in total. The van der Waals surface area contributed by atoms with Crippen LogP contribution >= 0.6 is 15.9 Å². The largest absolute Gasteiger partial charge is 0.492 e. The van der Waals surface area contributed by atoms with E-state index in [9.17, 15) is 18.0 Å². The molecule has 0 spiro atoms. The van der Waals surface area contributed by atoms with E-state index >= 15 is 0 Å². The summed E-state index contributed by atoms with van der Waals surface area (Å²) in [5, 5.41) is 2.98. The number of carbonyl (C=O) groups excluding carboxylic acids is 2. The Morgan fingerprint density at radius 3 is 2.22 bits per heavy atom. The van der Waals surface area contributed by atoms with E-state index in [0.29, 0.717) is 18.9 Å². The summed E-state index contributed by atoms with van der Waals surface area (Å²) in [6.45, 7) is 4.28. The number of anilines is 1. The Morgan fingerprint density at radius 1 is 0.927 bits per heavy atom. The molecule has 8 nitrogen and oxygen atoms in total. The van der Waals surface area contributed by atoms with Crippen LogP contribution in [-0.2, 0) is 32.6 Å². The van der Waals surface area contributed by atoms with Crippen molar-refractivity contribution in [1.29, 1.82) is 0 Å². The van der Waals surface area contributed by atoms with Crippen LogP contribution in [-0.4, -0.2) is 57.1 Å². The first-order valence-corrected chi connectivity index (χ1v) is 16.3. The first-order valence-electron chi connectivity index (χ1n) is 13.7. The van der Waals surface area contributed by atoms with Crippen molar-refractivity contribution in [1.82, 2.24) is 10.2 Å². The highest BCUT2D eigenvalue weighted by atomic mass is 79.9. The van der Waals surface area contributed by atoms with Crippen molar-refractivity contribution in [3.63, 3.8) is 0 Å². The van der Waals surface area contributed by atoms with Crippen molar-refractivity contribution in [3.8, 4) is 5.75 Å². The summed E-state index contributed by atoms with van der Waals surface area (Å²) >= 11 is 3.44. The van der Waals surface area contributed by atoms with Gasteiger partial charge in [-0.25, -0.2) is 8.42 Å². The molecule has 41 heavy (non-hydrogen) atoms. The van der Waals surface area contributed by atoms with Crippen LogP contribution in [0.4, 0.5) is 5.69 Å². The molecule has 3 rings (SSSR count). The van der Waals surface area contributed by atoms with E-state index in [4.69, 9.17) is 4.74 Å². The summed E-state index contributed by atoms with van der Waals surface area (Å²) in [6.07, 6.45) is 3.05. The van der Waals surface area contributed by atoms with Crippen LogP contribution in [0.5, 0.6) is 5.75 Å². The number of rotatable bonds is 15. The van der Waals surface area contributed by atoms with Crippen LogP contribution in [0, 0.1) is 0 Å². The standard InChI is InChI=1S/C31H38BrN3O5S/c1-4-6-20-33-31(37)28(21-24-12-8-7-9-13-24)34(22-25-16-18-26(32)19-17-25)30(36)23-35(41(3,38)39)27-14-10-11-15-29(27)40-5-2/h7-19,28H,4-6,20-23H2,1-3H3,(H,33,37). The zero-order valence-electron chi connectivity index (χ0n) is 23.8. The molecule has 3 aromatic rings. The summed E-state index contributed by atoms with van der Waals surface area (Å²) in [4.78, 5) is 29.3. The molecule has 0 saturated carbocycles. The third-order valence-electron chi connectivity index (χ3n) is 6.48. The molecule has 0 bridgehead atoms. The Balaban J connectivity index is 2.05. The lowest BCUT2D eigenvalue weighted by Crippen LogP contribution is -2.53. The van der Waals surface area contributed by atoms with Crippen LogP contribution in [0.15, 0.2) is 83.3 Å². The number of unbranched alkanes of at least 4 members (excludes halogenated alkanes) is 1. The molecule has 0 aliphatic heterocycles. The number of hydrogen-bond donors (Lipinski definition) is 1. The number of halogens is 1. The van der Waals surface area contributed by atoms with Gasteiger partial charge in [-0.2, -0.15) is 0 Å². The summed E-state index contributed by atoms with van der Waals surface area (Å²) in [5.74, 6) is -0.435. The molecular formula is C31H38BrN3O5S. The molecule has 1 atom stereocenters. The average molecular weight is 645 g/mol. The highest BCUT2D eigenvalue weighted by molar-refractivity contribution is 9.10. The molecule has 2 amide bonds. The number of sulfonamides is 1. The van der Waals surface area contributed by atoms with Gasteiger partial charge in [-0.05, 0) is 48.7 Å². The van der Waals surface area contributed by atoms with Crippen LogP contribution < -0.4 is 14.4 Å². The second-order valence-electron chi connectivity index (χ2n) is 9.67. The highest BCUT2D eigenvalue weighted by Crippen LogP contribution is 2.30. The van der Waals surface area contributed by atoms with Gasteiger partial charge in [0, 0.05) is 24.0 Å². The molecule has 0 radical (unpaired) electrons. The minimum absolute atomic E-state index is 0.121. The fourth-order valence-electron chi connectivity index (χ4n) is 4.38. The molecule has 0 fully saturated rings. The molecule has 0 saturated heterocycles. The van der Waals surface area contributed by atoms with E-state index in [1.165, 1.54) is 4.90 Å². The number of ether oxygens (including phenoxy) is 1. The lowest BCUT2D eigenvalue weighted by Gasteiger charge is -2.33. The van der Waals surface area contributed by atoms with E-state index in [1.54, 1.807) is 31.2 Å². The number of carbonyl (C=O) groups is 2. The van der Waals surface area contributed by atoms with Gasteiger partial charge in [0.1, 0.15) is 18.3 Å². The summed E-state index contributed by atoms with van der Waals surface area (Å²) in [6, 6.07) is 22.8. The van der Waals surface area contributed by atoms with E-state index in [0.717, 1.165) is 39.0 Å². The van der Waals surface area contributed by atoms with Crippen molar-refractivity contribution in [2.45, 2.75) is 45.7 Å². The van der Waals surface area contributed by atoms with E-state index in [1.807, 2.05) is 61.5 Å². The normalized spacial score (nSPS) is 11.9. The molecule has 3 aromatic carbocycles. The molecule has 0 aromatic heterocycles. The molecular weight excluding hydrogens is 606 g/mol. The van der Waals surface area contributed by atoms with Crippen molar-refractivity contribution in [3.05, 3.63) is 94.5 Å². The molecule has 220 valence electrons. The van der Waals surface area contributed by atoms with Crippen molar-refractivity contribution < 1.29 is 22.7 Å². The SMILES string of the molecule is CCCCNC(=O)C(Cc1ccccc1)N(Cc1ccc(Br)cc1)C(=O)CN(c1ccccc1OCC)S(C)(=O)=O. The van der Waals surface area contributed by atoms with Gasteiger partial charge in [-0.1, -0.05) is 83.9 Å². The van der Waals surface area contributed by atoms with Crippen LogP contribution in [0.3, 0.4) is 0 Å². The maximum atomic E-state index is 14.2. The van der Waals surface area contributed by atoms with Gasteiger partial charge in [-0.3, -0.25) is 13.9 Å². The van der Waals surface area contributed by atoms with Crippen molar-refractivity contribution in [2.75, 3.05) is 30.3 Å². The minimum atomic E-state index is -3.89. The predicted octanol–water partition coefficient (Wildman–Crippen LogP) is 5.17. The second-order valence-corrected chi connectivity index (χ2v) is 12.5. The van der Waals surface area contributed by atoms with Crippen LogP contribution in [0.1, 0.15) is 37.8 Å². The maximum Gasteiger partial charge on any atom is 0.244 e. The van der Waals surface area contributed by atoms with E-state index < -0.39 is 28.5 Å². The molecule has 0 aliphatic carbocycles. The van der Waals surface area contributed by atoms with E-state index in [2.05, 4.69) is 21.2 Å². The van der Waals surface area contributed by atoms with Gasteiger partial charge >= 0.3 is 0 Å². The predicted molar refractivity (Wildman–Crippen MR) is 166 cm³/mol. The van der Waals surface area contributed by atoms with Gasteiger partial charge in [0.05, 0.1) is 18.6 Å². The first-order chi connectivity index (χ1) is 19.6. The number of para-hydroxylation sites is 2. The monoisotopic (exact) mass is 643 g/mol. The highest BCUT2D eigenvalue weighted by Gasteiger charge is 2.33. The summed E-state index contributed by atoms with van der Waals surface area (Å²) < 4.78 is 33.7. The maximum absolute atomic E-state index is 14.2. The third kappa shape index (κ3) is 9.60. The Bertz CT molecular complexity index is 1380. The van der Waals surface area contributed by atoms with Crippen LogP contribution in [0.25, 0.3) is 0 Å². The second kappa shape index (κ2) is 15.6. The van der Waals surface area contributed by atoms with Gasteiger partial charge in [0.15, 0.2) is 0 Å². The average Bonchev–Trinajstić information content (AvgIpc) is 2.95. The van der Waals surface area contributed by atoms with Gasteiger partial charge in [0.25, 0.3) is 0 Å². The quantitative estimate of drug-likeness (QED) is 0.231.